The summed E-state index contributed by atoms with van der Waals surface area (Å²) in [5.41, 5.74) is 3.42. The zero-order chi connectivity index (χ0) is 34.6. The van der Waals surface area contributed by atoms with Crippen LogP contribution in [0.4, 0.5) is 5.95 Å². The van der Waals surface area contributed by atoms with Gasteiger partial charge in [-0.25, -0.2) is 13.4 Å². The molecule has 1 amide bonds. The second-order valence-electron chi connectivity index (χ2n) is 13.2. The molecule has 12 heteroatoms. The molecule has 6 rings (SSSR count). The molecule has 11 nitrogen and oxygen atoms in total. The summed E-state index contributed by atoms with van der Waals surface area (Å²) in [6.45, 7) is 6.02. The average Bonchev–Trinajstić information content (AvgIpc) is 3.64. The molecule has 2 aliphatic heterocycles. The monoisotopic (exact) mass is 689 g/mol. The first-order valence-corrected chi connectivity index (χ1v) is 19.0. The average molecular weight is 690 g/mol. The Labute approximate surface area is 289 Å². The Morgan fingerprint density at radius 1 is 0.857 bits per heavy atom. The normalized spacial score (nSPS) is 18.9. The molecule has 0 N–H and O–H groups in total. The maximum absolute atomic E-state index is 13.9. The Morgan fingerprint density at radius 2 is 1.57 bits per heavy atom. The minimum absolute atomic E-state index is 0.0544. The van der Waals surface area contributed by atoms with Crippen molar-refractivity contribution in [1.82, 2.24) is 19.4 Å². The fraction of sp³-hybridized carbons (Fsp3) is 0.459. The Hall–Kier alpha value is -4.29. The predicted molar refractivity (Wildman–Crippen MR) is 192 cm³/mol. The fourth-order valence-corrected chi connectivity index (χ4v) is 7.87. The number of imidazole rings is 1. The highest BCUT2D eigenvalue weighted by Crippen LogP contribution is 2.41. The SMILES string of the molecule is COc1cc(C(=O)N2CCC(CCN3CCCN(c4nc5ccccc5n4CCS(C)(=O)=O)CC3)(c3ccccc3)C2)cc(OC)c1OC. The highest BCUT2D eigenvalue weighted by atomic mass is 32.2. The van der Waals surface area contributed by atoms with Crippen LogP contribution < -0.4 is 19.1 Å². The summed E-state index contributed by atoms with van der Waals surface area (Å²) in [6, 6.07) is 22.0. The molecule has 2 fully saturated rings. The Bertz CT molecular complexity index is 1860. The number of ether oxygens (including phenoxy) is 3. The number of benzene rings is 3. The molecule has 1 unspecified atom stereocenters. The highest BCUT2D eigenvalue weighted by molar-refractivity contribution is 7.90. The molecule has 3 aromatic carbocycles. The lowest BCUT2D eigenvalue weighted by Crippen LogP contribution is -2.39. The van der Waals surface area contributed by atoms with Crippen LogP contribution in [0.2, 0.25) is 0 Å². The third-order valence-electron chi connectivity index (χ3n) is 10.0. The largest absolute Gasteiger partial charge is 0.493 e. The number of nitrogens with zero attached hydrogens (tertiary/aromatic N) is 5. The van der Waals surface area contributed by atoms with Gasteiger partial charge in [0, 0.05) is 56.5 Å². The number of aryl methyl sites for hydroxylation is 1. The second-order valence-corrected chi connectivity index (χ2v) is 15.4. The zero-order valence-corrected chi connectivity index (χ0v) is 29.7. The summed E-state index contributed by atoms with van der Waals surface area (Å²) in [4.78, 5) is 25.7. The summed E-state index contributed by atoms with van der Waals surface area (Å²) in [7, 11) is 1.53. The summed E-state index contributed by atoms with van der Waals surface area (Å²) in [6.07, 6.45) is 4.05. The molecule has 0 bridgehead atoms. The number of sulfone groups is 1. The minimum atomic E-state index is -3.13. The van der Waals surface area contributed by atoms with E-state index in [2.05, 4.69) is 38.6 Å². The maximum atomic E-state index is 13.9. The number of anilines is 1. The van der Waals surface area contributed by atoms with Crippen molar-refractivity contribution in [1.29, 1.82) is 0 Å². The number of para-hydroxylation sites is 2. The van der Waals surface area contributed by atoms with E-state index in [9.17, 15) is 13.2 Å². The molecular weight excluding hydrogens is 643 g/mol. The number of carbonyl (C=O) groups is 1. The Kier molecular flexibility index (Phi) is 10.4. The van der Waals surface area contributed by atoms with Gasteiger partial charge in [-0.1, -0.05) is 42.5 Å². The van der Waals surface area contributed by atoms with Crippen LogP contribution in [-0.4, -0.2) is 113 Å². The number of hydrogen-bond acceptors (Lipinski definition) is 9. The molecule has 49 heavy (non-hydrogen) atoms. The van der Waals surface area contributed by atoms with Crippen LogP contribution in [-0.2, 0) is 21.8 Å². The summed E-state index contributed by atoms with van der Waals surface area (Å²) in [5.74, 6) is 2.23. The van der Waals surface area contributed by atoms with Gasteiger partial charge in [-0.2, -0.15) is 0 Å². The van der Waals surface area contributed by atoms with Gasteiger partial charge in [0.25, 0.3) is 5.91 Å². The van der Waals surface area contributed by atoms with Crippen LogP contribution in [0.3, 0.4) is 0 Å². The number of fused-ring (bicyclic) bond motifs is 1. The van der Waals surface area contributed by atoms with E-state index in [4.69, 9.17) is 19.2 Å². The smallest absolute Gasteiger partial charge is 0.254 e. The van der Waals surface area contributed by atoms with Crippen LogP contribution in [0.15, 0.2) is 66.7 Å². The number of amides is 1. The van der Waals surface area contributed by atoms with Crippen molar-refractivity contribution in [2.45, 2.75) is 31.2 Å². The third-order valence-corrected chi connectivity index (χ3v) is 11.0. The van der Waals surface area contributed by atoms with E-state index >= 15 is 0 Å². The van der Waals surface area contributed by atoms with Gasteiger partial charge >= 0.3 is 0 Å². The molecule has 3 heterocycles. The molecule has 0 aliphatic carbocycles. The lowest BCUT2D eigenvalue weighted by atomic mass is 9.76. The fourth-order valence-electron chi connectivity index (χ4n) is 7.36. The Balaban J connectivity index is 1.17. The molecular formula is C37H47N5O6S. The lowest BCUT2D eigenvalue weighted by molar-refractivity contribution is 0.0780. The van der Waals surface area contributed by atoms with Crippen molar-refractivity contribution in [2.24, 2.45) is 0 Å². The number of likely N-dealkylation sites (tertiary alicyclic amines) is 1. The van der Waals surface area contributed by atoms with Gasteiger partial charge in [0.1, 0.15) is 9.84 Å². The van der Waals surface area contributed by atoms with Gasteiger partial charge in [-0.3, -0.25) is 4.79 Å². The van der Waals surface area contributed by atoms with Crippen molar-refractivity contribution in [2.75, 3.05) is 84.1 Å². The summed E-state index contributed by atoms with van der Waals surface area (Å²) >= 11 is 0. The number of carbonyl (C=O) groups excluding carboxylic acids is 1. The predicted octanol–water partition coefficient (Wildman–Crippen LogP) is 4.49. The third kappa shape index (κ3) is 7.50. The number of rotatable bonds is 12. The van der Waals surface area contributed by atoms with Crippen LogP contribution in [0.5, 0.6) is 17.2 Å². The van der Waals surface area contributed by atoms with E-state index in [-0.39, 0.29) is 17.1 Å². The molecule has 4 aromatic rings. The van der Waals surface area contributed by atoms with Crippen molar-refractivity contribution in [3.63, 3.8) is 0 Å². The standard InChI is InChI=1S/C37H47N5O6S/c1-46-32-25-28(26-33(47-2)34(32)48-3)35(43)41-20-16-37(27-41,29-11-6-5-7-12-29)15-19-39-17-10-18-40(22-21-39)36-38-30-13-8-9-14-31(30)42(36)23-24-49(4,44)45/h5-9,11-14,25-26H,10,15-24,27H2,1-4H3. The van der Waals surface area contributed by atoms with Crippen LogP contribution in [0.25, 0.3) is 11.0 Å². The first-order valence-electron chi connectivity index (χ1n) is 16.9. The van der Waals surface area contributed by atoms with Crippen LogP contribution in [0.1, 0.15) is 35.2 Å². The molecule has 262 valence electrons. The molecule has 1 aromatic heterocycles. The zero-order valence-electron chi connectivity index (χ0n) is 28.9. The summed E-state index contributed by atoms with van der Waals surface area (Å²) in [5, 5.41) is 0. The van der Waals surface area contributed by atoms with Gasteiger partial charge < -0.3 is 33.5 Å². The van der Waals surface area contributed by atoms with Gasteiger partial charge in [-0.05, 0) is 62.2 Å². The number of methoxy groups -OCH3 is 3. The maximum Gasteiger partial charge on any atom is 0.254 e. The number of hydrogen-bond donors (Lipinski definition) is 0. The Morgan fingerprint density at radius 3 is 2.27 bits per heavy atom. The highest BCUT2D eigenvalue weighted by Gasteiger charge is 2.42. The van der Waals surface area contributed by atoms with Crippen molar-refractivity contribution in [3.8, 4) is 17.2 Å². The van der Waals surface area contributed by atoms with Crippen molar-refractivity contribution in [3.05, 3.63) is 77.9 Å². The molecule has 0 saturated carbocycles. The van der Waals surface area contributed by atoms with E-state index < -0.39 is 9.84 Å². The molecule has 2 aliphatic rings. The molecule has 0 spiro atoms. The van der Waals surface area contributed by atoms with Crippen molar-refractivity contribution >= 4 is 32.7 Å². The quantitative estimate of drug-likeness (QED) is 0.213. The van der Waals surface area contributed by atoms with Gasteiger partial charge in [0.05, 0.1) is 38.1 Å². The summed E-state index contributed by atoms with van der Waals surface area (Å²) < 4.78 is 42.7. The van der Waals surface area contributed by atoms with Crippen LogP contribution in [0, 0.1) is 0 Å². The van der Waals surface area contributed by atoms with Gasteiger partial charge in [0.2, 0.25) is 11.7 Å². The topological polar surface area (TPSA) is 106 Å². The van der Waals surface area contributed by atoms with E-state index in [1.54, 1.807) is 33.5 Å². The van der Waals surface area contributed by atoms with Crippen molar-refractivity contribution < 1.29 is 27.4 Å². The van der Waals surface area contributed by atoms with E-state index in [1.165, 1.54) is 11.8 Å². The first-order chi connectivity index (χ1) is 23.6. The lowest BCUT2D eigenvalue weighted by Gasteiger charge is -2.33. The molecule has 2 saturated heterocycles. The van der Waals surface area contributed by atoms with Gasteiger partial charge in [-0.15, -0.1) is 0 Å². The minimum Gasteiger partial charge on any atom is -0.493 e. The van der Waals surface area contributed by atoms with E-state index in [0.29, 0.717) is 42.4 Å². The number of aromatic nitrogens is 2. The van der Waals surface area contributed by atoms with Gasteiger partial charge in [0.15, 0.2) is 11.5 Å². The van der Waals surface area contributed by atoms with Crippen LogP contribution >= 0.6 is 0 Å². The first kappa shape index (κ1) is 34.6. The van der Waals surface area contributed by atoms with E-state index in [1.807, 2.05) is 35.2 Å². The molecule has 0 radical (unpaired) electrons. The van der Waals surface area contributed by atoms with E-state index in [0.717, 1.165) is 69.0 Å². The second kappa shape index (κ2) is 14.7. The molecule has 1 atom stereocenters.